The molecule has 0 saturated heterocycles. The number of aldehydes is 1. The van der Waals surface area contributed by atoms with Gasteiger partial charge in [0.1, 0.15) is 5.56 Å². The summed E-state index contributed by atoms with van der Waals surface area (Å²) in [6.45, 7) is 0. The molecule has 13 heavy (non-hydrogen) atoms. The monoisotopic (exact) mass is 219 g/mol. The molecule has 70 valence electrons. The first-order valence-corrected chi connectivity index (χ1v) is 4.30. The summed E-state index contributed by atoms with van der Waals surface area (Å²) in [7, 11) is 1.16. The third-order valence-corrected chi connectivity index (χ3v) is 2.28. The van der Waals surface area contributed by atoms with Gasteiger partial charge in [-0.25, -0.2) is 4.79 Å². The van der Waals surface area contributed by atoms with Crippen LogP contribution in [0.25, 0.3) is 0 Å². The molecule has 0 saturated carbocycles. The normalized spacial score (nSPS) is 9.38. The van der Waals surface area contributed by atoms with Crippen LogP contribution in [0, 0.1) is 0 Å². The van der Waals surface area contributed by atoms with Crippen LogP contribution in [0.15, 0.2) is 4.21 Å². The Hall–Kier alpha value is -1.08. The number of rotatable bonds is 2. The molecule has 0 fully saturated rings. The van der Waals surface area contributed by atoms with E-state index in [1.807, 2.05) is 0 Å². The Morgan fingerprint density at radius 2 is 2.38 bits per heavy atom. The van der Waals surface area contributed by atoms with E-state index >= 15 is 0 Å². The summed E-state index contributed by atoms with van der Waals surface area (Å²) < 4.78 is 12.9. The third-order valence-electron chi connectivity index (χ3n) is 1.14. The first-order valence-electron chi connectivity index (χ1n) is 3.08. The first-order chi connectivity index (χ1) is 6.19. The van der Waals surface area contributed by atoms with Crippen molar-refractivity contribution in [3.63, 3.8) is 0 Å². The molecule has 0 atom stereocenters. The second-order valence-corrected chi connectivity index (χ2v) is 3.40. The summed E-state index contributed by atoms with van der Waals surface area (Å²) in [5.41, 5.74) is 0.152. The lowest BCUT2D eigenvalue weighted by Gasteiger charge is -1.97. The van der Waals surface area contributed by atoms with Crippen molar-refractivity contribution in [2.75, 3.05) is 7.11 Å². The predicted molar refractivity (Wildman–Crippen MR) is 47.8 cm³/mol. The largest absolute Gasteiger partial charge is 0.514 e. The molecule has 0 N–H and O–H groups in total. The maximum atomic E-state index is 10.6. The van der Waals surface area contributed by atoms with Gasteiger partial charge in [-0.1, -0.05) is 0 Å². The number of hydrogen-bond donors (Lipinski definition) is 1. The molecule has 0 amide bonds. The SMILES string of the molecule is COC(=O)Oc1nsc(S)c1C=O. The van der Waals surface area contributed by atoms with Gasteiger partial charge in [-0.15, -0.1) is 12.6 Å². The Kier molecular flexibility index (Phi) is 3.26. The average molecular weight is 219 g/mol. The Labute approximate surface area is 83.2 Å². The van der Waals surface area contributed by atoms with Crippen LogP contribution in [0.4, 0.5) is 4.79 Å². The van der Waals surface area contributed by atoms with Crippen LogP contribution in [0.2, 0.25) is 0 Å². The van der Waals surface area contributed by atoms with E-state index in [4.69, 9.17) is 0 Å². The smallest absolute Gasteiger partial charge is 0.437 e. The fourth-order valence-electron chi connectivity index (χ4n) is 0.570. The van der Waals surface area contributed by atoms with E-state index in [1.165, 1.54) is 0 Å². The van der Waals surface area contributed by atoms with Crippen molar-refractivity contribution < 1.29 is 19.1 Å². The van der Waals surface area contributed by atoms with Crippen LogP contribution in [0.1, 0.15) is 10.4 Å². The standard InChI is InChI=1S/C6H5NO4S2/c1-10-6(9)11-4-3(2-8)5(12)13-7-4/h2,12H,1H3. The first kappa shape index (κ1) is 10.0. The fraction of sp³-hybridized carbons (Fsp3) is 0.167. The number of ether oxygens (including phenoxy) is 2. The van der Waals surface area contributed by atoms with Gasteiger partial charge in [0.2, 0.25) is 5.88 Å². The Balaban J connectivity index is 2.88. The van der Waals surface area contributed by atoms with Crippen molar-refractivity contribution in [1.29, 1.82) is 0 Å². The molecule has 0 aliphatic rings. The van der Waals surface area contributed by atoms with E-state index < -0.39 is 6.16 Å². The molecule has 1 aromatic rings. The highest BCUT2D eigenvalue weighted by molar-refractivity contribution is 7.82. The summed E-state index contributed by atoms with van der Waals surface area (Å²) in [5, 5.41) is 0. The van der Waals surface area contributed by atoms with Gasteiger partial charge in [0.05, 0.1) is 11.3 Å². The van der Waals surface area contributed by atoms with Crippen molar-refractivity contribution in [2.45, 2.75) is 4.21 Å². The zero-order valence-corrected chi connectivity index (χ0v) is 8.22. The van der Waals surface area contributed by atoms with E-state index in [9.17, 15) is 9.59 Å². The molecule has 7 heteroatoms. The van der Waals surface area contributed by atoms with Gasteiger partial charge in [0.25, 0.3) is 0 Å². The van der Waals surface area contributed by atoms with Gasteiger partial charge in [0.15, 0.2) is 6.29 Å². The quantitative estimate of drug-likeness (QED) is 0.462. The van der Waals surface area contributed by atoms with Gasteiger partial charge >= 0.3 is 6.16 Å². The van der Waals surface area contributed by atoms with Crippen LogP contribution < -0.4 is 4.74 Å². The van der Waals surface area contributed by atoms with Crippen LogP contribution in [-0.4, -0.2) is 23.9 Å². The average Bonchev–Trinajstić information content (AvgIpc) is 2.46. The highest BCUT2D eigenvalue weighted by Gasteiger charge is 2.15. The molecule has 0 aromatic carbocycles. The number of thiol groups is 1. The third kappa shape index (κ3) is 2.19. The molecule has 0 radical (unpaired) electrons. The minimum absolute atomic E-state index is 0.0724. The summed E-state index contributed by atoms with van der Waals surface area (Å²) >= 11 is 4.90. The molecule has 0 spiro atoms. The number of nitrogens with zero attached hydrogens (tertiary/aromatic N) is 1. The molecular weight excluding hydrogens is 214 g/mol. The van der Waals surface area contributed by atoms with Crippen molar-refractivity contribution >= 4 is 36.6 Å². The lowest BCUT2D eigenvalue weighted by Crippen LogP contribution is -2.08. The number of hydrogen-bond acceptors (Lipinski definition) is 7. The lowest BCUT2D eigenvalue weighted by molar-refractivity contribution is 0.110. The van der Waals surface area contributed by atoms with Gasteiger partial charge < -0.3 is 9.47 Å². The molecule has 1 rings (SSSR count). The van der Waals surface area contributed by atoms with E-state index in [-0.39, 0.29) is 11.4 Å². The Bertz CT molecular complexity index is 335. The van der Waals surface area contributed by atoms with Crippen LogP contribution in [0.5, 0.6) is 5.88 Å². The van der Waals surface area contributed by atoms with E-state index in [2.05, 4.69) is 26.5 Å². The fourth-order valence-corrected chi connectivity index (χ4v) is 1.38. The summed E-state index contributed by atoms with van der Waals surface area (Å²) in [5.74, 6) is -0.0724. The maximum Gasteiger partial charge on any atom is 0.514 e. The van der Waals surface area contributed by atoms with E-state index in [1.54, 1.807) is 0 Å². The second kappa shape index (κ2) is 4.24. The zero-order valence-electron chi connectivity index (χ0n) is 6.51. The lowest BCUT2D eigenvalue weighted by atomic mass is 10.4. The van der Waals surface area contributed by atoms with Crippen molar-refractivity contribution in [3.8, 4) is 5.88 Å². The molecule has 5 nitrogen and oxygen atoms in total. The molecular formula is C6H5NO4S2. The molecule has 0 aliphatic heterocycles. The van der Waals surface area contributed by atoms with Crippen molar-refractivity contribution in [1.82, 2.24) is 4.37 Å². The summed E-state index contributed by atoms with van der Waals surface area (Å²) in [6.07, 6.45) is -0.397. The van der Waals surface area contributed by atoms with Crippen LogP contribution >= 0.6 is 24.2 Å². The molecule has 0 unspecified atom stereocenters. The second-order valence-electron chi connectivity index (χ2n) is 1.88. The summed E-state index contributed by atoms with van der Waals surface area (Å²) in [4.78, 5) is 21.1. The Morgan fingerprint density at radius 3 is 2.92 bits per heavy atom. The van der Waals surface area contributed by atoms with Gasteiger partial charge in [-0.2, -0.15) is 4.37 Å². The predicted octanol–water partition coefficient (Wildman–Crippen LogP) is 1.39. The van der Waals surface area contributed by atoms with E-state index in [0.29, 0.717) is 10.5 Å². The molecule has 0 aliphatic carbocycles. The highest BCUT2D eigenvalue weighted by atomic mass is 32.2. The van der Waals surface area contributed by atoms with Crippen molar-refractivity contribution in [3.05, 3.63) is 5.56 Å². The summed E-state index contributed by atoms with van der Waals surface area (Å²) in [6, 6.07) is 0. The minimum atomic E-state index is -0.915. The zero-order chi connectivity index (χ0) is 9.84. The van der Waals surface area contributed by atoms with Crippen LogP contribution in [0.3, 0.4) is 0 Å². The Morgan fingerprint density at radius 1 is 1.69 bits per heavy atom. The van der Waals surface area contributed by atoms with Gasteiger partial charge in [0, 0.05) is 0 Å². The topological polar surface area (TPSA) is 65.5 Å². The molecule has 1 aromatic heterocycles. The number of carbonyl (C=O) groups excluding carboxylic acids is 2. The number of methoxy groups -OCH3 is 1. The van der Waals surface area contributed by atoms with Gasteiger partial charge in [-0.3, -0.25) is 4.79 Å². The van der Waals surface area contributed by atoms with E-state index in [0.717, 1.165) is 18.6 Å². The van der Waals surface area contributed by atoms with Crippen molar-refractivity contribution in [2.24, 2.45) is 0 Å². The van der Waals surface area contributed by atoms with Gasteiger partial charge in [-0.05, 0) is 11.5 Å². The molecule has 0 bridgehead atoms. The number of carbonyl (C=O) groups is 2. The maximum absolute atomic E-state index is 10.6. The number of aromatic nitrogens is 1. The van der Waals surface area contributed by atoms with Crippen LogP contribution in [-0.2, 0) is 4.74 Å². The highest BCUT2D eigenvalue weighted by Crippen LogP contribution is 2.26. The minimum Gasteiger partial charge on any atom is -0.437 e. The molecule has 1 heterocycles.